The maximum atomic E-state index is 11.7. The van der Waals surface area contributed by atoms with Crippen LogP contribution in [0, 0.1) is 13.8 Å². The first-order valence-electron chi connectivity index (χ1n) is 7.01. The van der Waals surface area contributed by atoms with Crippen LogP contribution in [0.2, 0.25) is 5.02 Å². The van der Waals surface area contributed by atoms with Crippen molar-refractivity contribution in [2.45, 2.75) is 26.4 Å². The molecule has 3 N–H and O–H groups in total. The summed E-state index contributed by atoms with van der Waals surface area (Å²) in [4.78, 5) is 11.7. The molecule has 1 aromatic heterocycles. The Labute approximate surface area is 134 Å². The molecule has 0 saturated heterocycles. The molecule has 0 saturated carbocycles. The predicted molar refractivity (Wildman–Crippen MR) is 86.2 cm³/mol. The van der Waals surface area contributed by atoms with Gasteiger partial charge in [0.2, 0.25) is 0 Å². The van der Waals surface area contributed by atoms with E-state index in [1.807, 2.05) is 19.9 Å². The molecule has 1 unspecified atom stereocenters. The Morgan fingerprint density at radius 1 is 1.32 bits per heavy atom. The van der Waals surface area contributed by atoms with Gasteiger partial charge < -0.3 is 20.2 Å². The Hall–Kier alpha value is -1.98. The number of aliphatic hydroxyl groups excluding tert-OH is 1. The number of furan rings is 1. The normalized spacial score (nSPS) is 12.0. The summed E-state index contributed by atoms with van der Waals surface area (Å²) in [5, 5.41) is 16.1. The van der Waals surface area contributed by atoms with Crippen LogP contribution in [-0.4, -0.2) is 17.7 Å². The van der Waals surface area contributed by atoms with Gasteiger partial charge in [-0.15, -0.1) is 0 Å². The molecular formula is C16H19ClN2O3. The second-order valence-corrected chi connectivity index (χ2v) is 5.50. The molecule has 0 aliphatic heterocycles. The third-order valence-electron chi connectivity index (χ3n) is 3.24. The van der Waals surface area contributed by atoms with Gasteiger partial charge in [-0.25, -0.2) is 4.79 Å². The third kappa shape index (κ3) is 4.51. The molecule has 0 fully saturated rings. The second kappa shape index (κ2) is 7.33. The minimum absolute atomic E-state index is 0.324. The number of halogens is 1. The van der Waals surface area contributed by atoms with Gasteiger partial charge >= 0.3 is 6.03 Å². The Morgan fingerprint density at radius 3 is 2.59 bits per heavy atom. The predicted octanol–water partition coefficient (Wildman–Crippen LogP) is 3.80. The molecular weight excluding hydrogens is 304 g/mol. The number of rotatable bonds is 5. The van der Waals surface area contributed by atoms with Gasteiger partial charge in [0.25, 0.3) is 0 Å². The Morgan fingerprint density at radius 2 is 2.00 bits per heavy atom. The molecule has 1 heterocycles. The van der Waals surface area contributed by atoms with Gasteiger partial charge in [0.05, 0.1) is 6.10 Å². The first-order valence-corrected chi connectivity index (χ1v) is 7.39. The van der Waals surface area contributed by atoms with Crippen LogP contribution in [0.1, 0.15) is 29.6 Å². The van der Waals surface area contributed by atoms with Crippen LogP contribution in [0.15, 0.2) is 34.7 Å². The van der Waals surface area contributed by atoms with Gasteiger partial charge in [-0.1, -0.05) is 11.6 Å². The number of anilines is 1. The Bertz CT molecular complexity index is 637. The lowest BCUT2D eigenvalue weighted by Gasteiger charge is -2.11. The summed E-state index contributed by atoms with van der Waals surface area (Å²) in [6, 6.07) is 8.32. The van der Waals surface area contributed by atoms with E-state index in [0.717, 1.165) is 11.3 Å². The molecule has 1 atom stereocenters. The van der Waals surface area contributed by atoms with Crippen molar-refractivity contribution in [3.8, 4) is 0 Å². The number of nitrogens with one attached hydrogen (secondary N) is 2. The SMILES string of the molecule is Cc1cc(C(O)CCNC(=O)Nc2ccc(Cl)cc2)c(C)o1. The van der Waals surface area contributed by atoms with E-state index in [1.165, 1.54) is 0 Å². The molecule has 5 nitrogen and oxygen atoms in total. The zero-order valence-corrected chi connectivity index (χ0v) is 13.3. The number of amides is 2. The molecule has 2 amide bonds. The number of aryl methyl sites for hydroxylation is 2. The third-order valence-corrected chi connectivity index (χ3v) is 3.50. The summed E-state index contributed by atoms with van der Waals surface area (Å²) >= 11 is 5.78. The van der Waals surface area contributed by atoms with Crippen LogP contribution in [0.25, 0.3) is 0 Å². The summed E-state index contributed by atoms with van der Waals surface area (Å²) in [5.74, 6) is 1.47. The van der Waals surface area contributed by atoms with Crippen LogP contribution in [-0.2, 0) is 0 Å². The van der Waals surface area contributed by atoms with Gasteiger partial charge in [0.15, 0.2) is 0 Å². The standard InChI is InChI=1S/C16H19ClN2O3/c1-10-9-14(11(2)22-10)15(20)7-8-18-16(21)19-13-5-3-12(17)4-6-13/h3-6,9,15,20H,7-8H2,1-2H3,(H2,18,19,21). The monoisotopic (exact) mass is 322 g/mol. The van der Waals surface area contributed by atoms with Crippen molar-refractivity contribution in [1.29, 1.82) is 0 Å². The first kappa shape index (κ1) is 16.4. The molecule has 2 rings (SSSR count). The lowest BCUT2D eigenvalue weighted by Crippen LogP contribution is -2.30. The zero-order valence-electron chi connectivity index (χ0n) is 12.5. The maximum absolute atomic E-state index is 11.7. The van der Waals surface area contributed by atoms with Crippen LogP contribution >= 0.6 is 11.6 Å². The van der Waals surface area contributed by atoms with Crippen molar-refractivity contribution >= 4 is 23.3 Å². The molecule has 6 heteroatoms. The van der Waals surface area contributed by atoms with Crippen molar-refractivity contribution in [1.82, 2.24) is 5.32 Å². The summed E-state index contributed by atoms with van der Waals surface area (Å²) in [7, 11) is 0. The van der Waals surface area contributed by atoms with Crippen molar-refractivity contribution < 1.29 is 14.3 Å². The highest BCUT2D eigenvalue weighted by Gasteiger charge is 2.14. The van der Waals surface area contributed by atoms with Crippen LogP contribution in [0.5, 0.6) is 0 Å². The molecule has 0 aliphatic rings. The number of hydrogen-bond acceptors (Lipinski definition) is 3. The number of carbonyl (C=O) groups excluding carboxylic acids is 1. The number of carbonyl (C=O) groups is 1. The van der Waals surface area contributed by atoms with Crippen molar-refractivity contribution in [3.63, 3.8) is 0 Å². The zero-order chi connectivity index (χ0) is 16.1. The maximum Gasteiger partial charge on any atom is 0.319 e. The smallest absolute Gasteiger partial charge is 0.319 e. The summed E-state index contributed by atoms with van der Waals surface area (Å²) in [6.45, 7) is 4.00. The van der Waals surface area contributed by atoms with Crippen LogP contribution in [0.4, 0.5) is 10.5 Å². The highest BCUT2D eigenvalue weighted by molar-refractivity contribution is 6.30. The van der Waals surface area contributed by atoms with Crippen molar-refractivity contribution in [3.05, 3.63) is 52.4 Å². The van der Waals surface area contributed by atoms with Crippen LogP contribution in [0.3, 0.4) is 0 Å². The number of hydrogen-bond donors (Lipinski definition) is 3. The molecule has 0 bridgehead atoms. The lowest BCUT2D eigenvalue weighted by atomic mass is 10.1. The van der Waals surface area contributed by atoms with E-state index in [-0.39, 0.29) is 6.03 Å². The second-order valence-electron chi connectivity index (χ2n) is 5.06. The van der Waals surface area contributed by atoms with Gasteiger partial charge in [-0.2, -0.15) is 0 Å². The number of benzene rings is 1. The summed E-state index contributed by atoms with van der Waals surface area (Å²) < 4.78 is 5.38. The molecule has 22 heavy (non-hydrogen) atoms. The average Bonchev–Trinajstić information content (AvgIpc) is 2.80. The highest BCUT2D eigenvalue weighted by atomic mass is 35.5. The van der Waals surface area contributed by atoms with Gasteiger partial charge in [-0.3, -0.25) is 0 Å². The van der Waals surface area contributed by atoms with E-state index in [9.17, 15) is 9.90 Å². The van der Waals surface area contributed by atoms with E-state index in [2.05, 4.69) is 10.6 Å². The van der Waals surface area contributed by atoms with Crippen LogP contribution < -0.4 is 10.6 Å². The lowest BCUT2D eigenvalue weighted by molar-refractivity contribution is 0.165. The van der Waals surface area contributed by atoms with E-state index < -0.39 is 6.10 Å². The van der Waals surface area contributed by atoms with Crippen molar-refractivity contribution in [2.75, 3.05) is 11.9 Å². The Kier molecular flexibility index (Phi) is 5.46. The van der Waals surface area contributed by atoms with Crippen molar-refractivity contribution in [2.24, 2.45) is 0 Å². The minimum atomic E-state index is -0.659. The molecule has 0 aliphatic carbocycles. The number of urea groups is 1. The molecule has 0 spiro atoms. The first-order chi connectivity index (χ1) is 10.5. The molecule has 118 valence electrons. The fourth-order valence-electron chi connectivity index (χ4n) is 2.17. The van der Waals surface area contributed by atoms with E-state index >= 15 is 0 Å². The number of aliphatic hydroxyl groups is 1. The summed E-state index contributed by atoms with van der Waals surface area (Å²) in [6.07, 6.45) is -0.248. The largest absolute Gasteiger partial charge is 0.466 e. The topological polar surface area (TPSA) is 74.5 Å². The fraction of sp³-hybridized carbons (Fsp3) is 0.312. The van der Waals surface area contributed by atoms with Gasteiger partial charge in [0.1, 0.15) is 11.5 Å². The fourth-order valence-corrected chi connectivity index (χ4v) is 2.29. The van der Waals surface area contributed by atoms with E-state index in [1.54, 1.807) is 24.3 Å². The summed E-state index contributed by atoms with van der Waals surface area (Å²) in [5.41, 5.74) is 1.42. The molecule has 1 aromatic carbocycles. The highest BCUT2D eigenvalue weighted by Crippen LogP contribution is 2.23. The molecule has 2 aromatic rings. The average molecular weight is 323 g/mol. The van der Waals surface area contributed by atoms with E-state index in [0.29, 0.717) is 29.4 Å². The Balaban J connectivity index is 1.77. The quantitative estimate of drug-likeness (QED) is 0.784. The van der Waals surface area contributed by atoms with Gasteiger partial charge in [0, 0.05) is 22.8 Å². The van der Waals surface area contributed by atoms with E-state index in [4.69, 9.17) is 16.0 Å². The minimum Gasteiger partial charge on any atom is -0.466 e. The van der Waals surface area contributed by atoms with Gasteiger partial charge in [-0.05, 0) is 50.6 Å². The molecule has 0 radical (unpaired) electrons.